The fraction of sp³-hybridized carbons (Fsp3) is 0.600. The zero-order chi connectivity index (χ0) is 12.0. The van der Waals surface area contributed by atoms with Crippen LogP contribution in [0.4, 0.5) is 0 Å². The molecule has 1 heterocycles. The van der Waals surface area contributed by atoms with Gasteiger partial charge in [0, 0.05) is 32.2 Å². The van der Waals surface area contributed by atoms with E-state index in [-0.39, 0.29) is 5.75 Å². The van der Waals surface area contributed by atoms with Gasteiger partial charge in [-0.3, -0.25) is 4.79 Å². The average molecular weight is 244 g/mol. The molecule has 0 aromatic carbocycles. The first-order chi connectivity index (χ1) is 7.65. The number of aryl methyl sites for hydroxylation is 1. The third-order valence-corrected chi connectivity index (χ3v) is 3.05. The molecule has 0 aliphatic rings. The first-order valence-electron chi connectivity index (χ1n) is 5.00. The van der Waals surface area contributed by atoms with Gasteiger partial charge in [0.05, 0.1) is 5.75 Å². The maximum Gasteiger partial charge on any atom is 0.313 e. The largest absolute Gasteiger partial charge is 0.481 e. The van der Waals surface area contributed by atoms with Crippen molar-refractivity contribution in [2.45, 2.75) is 25.0 Å². The van der Waals surface area contributed by atoms with Crippen molar-refractivity contribution in [2.75, 3.05) is 19.5 Å². The predicted molar refractivity (Wildman–Crippen MR) is 61.8 cm³/mol. The van der Waals surface area contributed by atoms with Gasteiger partial charge in [-0.1, -0.05) is 11.8 Å². The van der Waals surface area contributed by atoms with E-state index in [4.69, 9.17) is 9.84 Å². The van der Waals surface area contributed by atoms with Crippen LogP contribution in [0.3, 0.4) is 0 Å². The molecule has 0 saturated heterocycles. The molecule has 5 nitrogen and oxygen atoms in total. The van der Waals surface area contributed by atoms with Crippen LogP contribution in [0.15, 0.2) is 11.4 Å². The molecule has 0 radical (unpaired) electrons. The number of imidazole rings is 1. The second-order valence-electron chi connectivity index (χ2n) is 3.36. The Balaban J connectivity index is 2.58. The lowest BCUT2D eigenvalue weighted by Gasteiger charge is -2.08. The topological polar surface area (TPSA) is 64.4 Å². The summed E-state index contributed by atoms with van der Waals surface area (Å²) in [4.78, 5) is 14.7. The lowest BCUT2D eigenvalue weighted by Crippen LogP contribution is -2.06. The lowest BCUT2D eigenvalue weighted by atomic mass is 10.4. The molecule has 0 aliphatic carbocycles. The third kappa shape index (κ3) is 3.86. The first kappa shape index (κ1) is 13.1. The molecule has 1 aromatic rings. The Kier molecular flexibility index (Phi) is 5.34. The number of carboxylic acids is 1. The van der Waals surface area contributed by atoms with Gasteiger partial charge in [-0.2, -0.15) is 0 Å². The highest BCUT2D eigenvalue weighted by molar-refractivity contribution is 7.99. The van der Waals surface area contributed by atoms with E-state index >= 15 is 0 Å². The molecule has 0 atom stereocenters. The monoisotopic (exact) mass is 244 g/mol. The van der Waals surface area contributed by atoms with Crippen molar-refractivity contribution in [1.82, 2.24) is 9.55 Å². The summed E-state index contributed by atoms with van der Waals surface area (Å²) >= 11 is 1.25. The first-order valence-corrected chi connectivity index (χ1v) is 5.99. The minimum atomic E-state index is -0.825. The summed E-state index contributed by atoms with van der Waals surface area (Å²) in [5.74, 6) is -0.783. The summed E-state index contributed by atoms with van der Waals surface area (Å²) in [5, 5.41) is 9.37. The van der Waals surface area contributed by atoms with Gasteiger partial charge in [0.1, 0.15) is 0 Å². The zero-order valence-electron chi connectivity index (χ0n) is 9.47. The van der Waals surface area contributed by atoms with E-state index in [9.17, 15) is 4.79 Å². The second-order valence-corrected chi connectivity index (χ2v) is 4.31. The normalized spacial score (nSPS) is 10.6. The van der Waals surface area contributed by atoms with Gasteiger partial charge >= 0.3 is 5.97 Å². The molecular formula is C10H16N2O3S. The number of carboxylic acid groups (broad SMARTS) is 1. The van der Waals surface area contributed by atoms with Crippen LogP contribution >= 0.6 is 11.8 Å². The summed E-state index contributed by atoms with van der Waals surface area (Å²) in [6.07, 6.45) is 2.66. The van der Waals surface area contributed by atoms with Gasteiger partial charge in [-0.15, -0.1) is 0 Å². The summed E-state index contributed by atoms with van der Waals surface area (Å²) in [6.45, 7) is 3.47. The third-order valence-electron chi connectivity index (χ3n) is 2.07. The van der Waals surface area contributed by atoms with Gasteiger partial charge < -0.3 is 14.4 Å². The number of aromatic nitrogens is 2. The highest BCUT2D eigenvalue weighted by atomic mass is 32.2. The van der Waals surface area contributed by atoms with E-state index in [2.05, 4.69) is 4.98 Å². The molecule has 0 unspecified atom stereocenters. The number of nitrogens with zero attached hydrogens (tertiary/aromatic N) is 2. The Morgan fingerprint density at radius 3 is 3.06 bits per heavy atom. The number of aliphatic carboxylic acids is 1. The number of ether oxygens (including phenoxy) is 1. The van der Waals surface area contributed by atoms with Crippen LogP contribution in [0.25, 0.3) is 0 Å². The molecule has 0 aliphatic heterocycles. The quantitative estimate of drug-likeness (QED) is 0.580. The predicted octanol–water partition coefficient (Wildman–Crippen LogP) is 1.40. The molecule has 1 N–H and O–H groups in total. The molecule has 0 fully saturated rings. The van der Waals surface area contributed by atoms with E-state index in [0.717, 1.165) is 23.8 Å². The SMILES string of the molecule is COCCCn1c(C)cnc1SCC(=O)O. The Hall–Kier alpha value is -1.01. The molecule has 1 rings (SSSR count). The lowest BCUT2D eigenvalue weighted by molar-refractivity contribution is -0.133. The molecule has 0 bridgehead atoms. The smallest absolute Gasteiger partial charge is 0.313 e. The minimum Gasteiger partial charge on any atom is -0.481 e. The van der Waals surface area contributed by atoms with Crippen molar-refractivity contribution in [3.05, 3.63) is 11.9 Å². The fourth-order valence-electron chi connectivity index (χ4n) is 1.32. The highest BCUT2D eigenvalue weighted by Gasteiger charge is 2.09. The van der Waals surface area contributed by atoms with Gasteiger partial charge in [0.25, 0.3) is 0 Å². The van der Waals surface area contributed by atoms with Crippen molar-refractivity contribution in [2.24, 2.45) is 0 Å². The van der Waals surface area contributed by atoms with E-state index in [1.165, 1.54) is 11.8 Å². The van der Waals surface area contributed by atoms with Crippen LogP contribution < -0.4 is 0 Å². The van der Waals surface area contributed by atoms with Crippen molar-refractivity contribution in [3.63, 3.8) is 0 Å². The molecule has 0 amide bonds. The zero-order valence-corrected chi connectivity index (χ0v) is 10.3. The number of hydrogen-bond donors (Lipinski definition) is 1. The van der Waals surface area contributed by atoms with Gasteiger partial charge in [-0.25, -0.2) is 4.98 Å². The van der Waals surface area contributed by atoms with Crippen LogP contribution in [0, 0.1) is 6.92 Å². The number of rotatable bonds is 7. The molecular weight excluding hydrogens is 228 g/mol. The maximum absolute atomic E-state index is 10.5. The molecule has 6 heteroatoms. The Morgan fingerprint density at radius 1 is 1.69 bits per heavy atom. The van der Waals surface area contributed by atoms with Crippen LogP contribution in [-0.2, 0) is 16.1 Å². The number of hydrogen-bond acceptors (Lipinski definition) is 4. The van der Waals surface area contributed by atoms with Gasteiger partial charge in [-0.05, 0) is 13.3 Å². The standard InChI is InChI=1S/C10H16N2O3S/c1-8-6-11-10(16-7-9(13)14)12(8)4-3-5-15-2/h6H,3-5,7H2,1-2H3,(H,13,14). The molecule has 0 saturated carbocycles. The molecule has 16 heavy (non-hydrogen) atoms. The minimum absolute atomic E-state index is 0.0424. The van der Waals surface area contributed by atoms with E-state index < -0.39 is 5.97 Å². The van der Waals surface area contributed by atoms with E-state index in [0.29, 0.717) is 6.61 Å². The Morgan fingerprint density at radius 2 is 2.44 bits per heavy atom. The molecule has 1 aromatic heterocycles. The van der Waals surface area contributed by atoms with Crippen molar-refractivity contribution < 1.29 is 14.6 Å². The van der Waals surface area contributed by atoms with E-state index in [1.54, 1.807) is 13.3 Å². The van der Waals surface area contributed by atoms with Crippen LogP contribution in [-0.4, -0.2) is 40.1 Å². The summed E-state index contributed by atoms with van der Waals surface area (Å²) in [7, 11) is 1.67. The van der Waals surface area contributed by atoms with Gasteiger partial charge in [0.2, 0.25) is 0 Å². The number of carbonyl (C=O) groups is 1. The van der Waals surface area contributed by atoms with Crippen molar-refractivity contribution in [3.8, 4) is 0 Å². The Bertz CT molecular complexity index is 352. The van der Waals surface area contributed by atoms with Crippen LogP contribution in [0.2, 0.25) is 0 Å². The number of methoxy groups -OCH3 is 1. The van der Waals surface area contributed by atoms with Crippen molar-refractivity contribution >= 4 is 17.7 Å². The van der Waals surface area contributed by atoms with Crippen LogP contribution in [0.1, 0.15) is 12.1 Å². The summed E-state index contributed by atoms with van der Waals surface area (Å²) < 4.78 is 7.00. The van der Waals surface area contributed by atoms with Gasteiger partial charge in [0.15, 0.2) is 5.16 Å². The number of thioether (sulfide) groups is 1. The van der Waals surface area contributed by atoms with Crippen LogP contribution in [0.5, 0.6) is 0 Å². The molecule has 0 spiro atoms. The second kappa shape index (κ2) is 6.55. The maximum atomic E-state index is 10.5. The Labute approximate surface area is 98.8 Å². The van der Waals surface area contributed by atoms with E-state index in [1.807, 2.05) is 11.5 Å². The average Bonchev–Trinajstić information content (AvgIpc) is 2.58. The summed E-state index contributed by atoms with van der Waals surface area (Å²) in [6, 6.07) is 0. The van der Waals surface area contributed by atoms with Crippen molar-refractivity contribution in [1.29, 1.82) is 0 Å². The summed E-state index contributed by atoms with van der Waals surface area (Å²) in [5.41, 5.74) is 1.05. The highest BCUT2D eigenvalue weighted by Crippen LogP contribution is 2.18. The fourth-order valence-corrected chi connectivity index (χ4v) is 2.09. The molecule has 90 valence electrons.